The summed E-state index contributed by atoms with van der Waals surface area (Å²) < 4.78 is 11.3. The van der Waals surface area contributed by atoms with Crippen LogP contribution in [0.3, 0.4) is 0 Å². The lowest BCUT2D eigenvalue weighted by Crippen LogP contribution is -2.40. The SMILES string of the molecule is CC1(C)C=C2C(=NN(c3ccccc3N3CCOCC3)C(N)=C2C#N)CO1.Cl. The Balaban J connectivity index is 0.00000225. The summed E-state index contributed by atoms with van der Waals surface area (Å²) in [5.41, 5.74) is 9.76. The van der Waals surface area contributed by atoms with E-state index in [9.17, 15) is 5.26 Å². The van der Waals surface area contributed by atoms with E-state index in [-0.39, 0.29) is 12.4 Å². The van der Waals surface area contributed by atoms with Crippen molar-refractivity contribution in [1.82, 2.24) is 0 Å². The minimum absolute atomic E-state index is 0. The van der Waals surface area contributed by atoms with Gasteiger partial charge < -0.3 is 20.1 Å². The van der Waals surface area contributed by atoms with Gasteiger partial charge in [-0.3, -0.25) is 0 Å². The number of hydrogen-bond donors (Lipinski definition) is 1. The van der Waals surface area contributed by atoms with Gasteiger partial charge in [0, 0.05) is 18.7 Å². The Hall–Kier alpha value is -2.53. The largest absolute Gasteiger partial charge is 0.383 e. The highest BCUT2D eigenvalue weighted by Crippen LogP contribution is 2.37. The Morgan fingerprint density at radius 3 is 2.54 bits per heavy atom. The van der Waals surface area contributed by atoms with Gasteiger partial charge in [0.25, 0.3) is 0 Å². The minimum atomic E-state index is -0.454. The van der Waals surface area contributed by atoms with Crippen LogP contribution in [-0.4, -0.2) is 44.2 Å². The minimum Gasteiger partial charge on any atom is -0.383 e. The highest BCUT2D eigenvalue weighted by atomic mass is 35.5. The van der Waals surface area contributed by atoms with Crippen LogP contribution < -0.4 is 15.6 Å². The zero-order chi connectivity index (χ0) is 19.0. The number of nitriles is 1. The number of halogens is 1. The molecule has 0 bridgehead atoms. The first-order valence-electron chi connectivity index (χ1n) is 9.07. The van der Waals surface area contributed by atoms with E-state index in [1.54, 1.807) is 5.01 Å². The van der Waals surface area contributed by atoms with Crippen LogP contribution in [0.25, 0.3) is 0 Å². The predicted octanol–water partition coefficient (Wildman–Crippen LogP) is 2.55. The molecule has 0 saturated carbocycles. The predicted molar refractivity (Wildman–Crippen MR) is 112 cm³/mol. The quantitative estimate of drug-likeness (QED) is 0.819. The molecule has 0 amide bonds. The van der Waals surface area contributed by atoms with Crippen LogP contribution in [0.4, 0.5) is 11.4 Å². The normalized spacial score (nSPS) is 21.2. The van der Waals surface area contributed by atoms with Crippen molar-refractivity contribution in [2.45, 2.75) is 19.4 Å². The number of para-hydroxylation sites is 2. The van der Waals surface area contributed by atoms with E-state index in [2.05, 4.69) is 11.0 Å². The number of hydrogen-bond acceptors (Lipinski definition) is 7. The maximum Gasteiger partial charge on any atom is 0.144 e. The van der Waals surface area contributed by atoms with E-state index in [1.165, 1.54) is 0 Å². The number of anilines is 2. The summed E-state index contributed by atoms with van der Waals surface area (Å²) in [6.07, 6.45) is 1.92. The number of nitrogens with zero attached hydrogens (tertiary/aromatic N) is 4. The zero-order valence-electron chi connectivity index (χ0n) is 16.0. The molecule has 3 aliphatic heterocycles. The molecule has 0 unspecified atom stereocenters. The Bertz CT molecular complexity index is 894. The molecule has 0 atom stereocenters. The van der Waals surface area contributed by atoms with Crippen molar-refractivity contribution < 1.29 is 9.47 Å². The molecule has 1 fully saturated rings. The van der Waals surface area contributed by atoms with Gasteiger partial charge in [-0.25, -0.2) is 5.01 Å². The Labute approximate surface area is 171 Å². The van der Waals surface area contributed by atoms with Crippen molar-refractivity contribution in [1.29, 1.82) is 5.26 Å². The van der Waals surface area contributed by atoms with Gasteiger partial charge >= 0.3 is 0 Å². The van der Waals surface area contributed by atoms with Crippen molar-refractivity contribution in [3.05, 3.63) is 47.3 Å². The molecule has 3 heterocycles. The van der Waals surface area contributed by atoms with Crippen LogP contribution in [-0.2, 0) is 9.47 Å². The smallest absolute Gasteiger partial charge is 0.144 e. The summed E-state index contributed by atoms with van der Waals surface area (Å²) in [5.74, 6) is 0.339. The van der Waals surface area contributed by atoms with Crippen LogP contribution in [0.1, 0.15) is 13.8 Å². The topological polar surface area (TPSA) is 87.1 Å². The first-order chi connectivity index (χ1) is 13.0. The maximum absolute atomic E-state index is 9.78. The van der Waals surface area contributed by atoms with Gasteiger partial charge in [-0.15, -0.1) is 12.4 Å². The Kier molecular flexibility index (Phi) is 5.66. The van der Waals surface area contributed by atoms with Crippen molar-refractivity contribution >= 4 is 29.5 Å². The second-order valence-electron chi connectivity index (χ2n) is 7.27. The number of hydrazone groups is 1. The van der Waals surface area contributed by atoms with Gasteiger partial charge in [-0.2, -0.15) is 10.4 Å². The lowest BCUT2D eigenvalue weighted by atomic mass is 9.92. The summed E-state index contributed by atoms with van der Waals surface area (Å²) in [6, 6.07) is 10.2. The number of morpholine rings is 1. The standard InChI is InChI=1S/C20H23N5O2.ClH/c1-20(2)11-14-15(12-21)19(22)25(23-16(14)13-27-20)18-6-4-3-5-17(18)24-7-9-26-10-8-24;/h3-6,11H,7-10,13,22H2,1-2H3;1H. The third-order valence-corrected chi connectivity index (χ3v) is 4.93. The van der Waals surface area contributed by atoms with E-state index in [1.807, 2.05) is 44.2 Å². The molecule has 0 aliphatic carbocycles. The van der Waals surface area contributed by atoms with Gasteiger partial charge in [0.2, 0.25) is 0 Å². The van der Waals surface area contributed by atoms with E-state index in [0.717, 1.165) is 35.7 Å². The molecule has 3 aliphatic rings. The number of allylic oxidation sites excluding steroid dienone is 1. The highest BCUT2D eigenvalue weighted by molar-refractivity contribution is 6.08. The Morgan fingerprint density at radius 2 is 1.86 bits per heavy atom. The van der Waals surface area contributed by atoms with Crippen molar-refractivity contribution in [2.24, 2.45) is 10.8 Å². The van der Waals surface area contributed by atoms with Crippen molar-refractivity contribution in [3.8, 4) is 6.07 Å². The van der Waals surface area contributed by atoms with E-state index in [0.29, 0.717) is 31.2 Å². The van der Waals surface area contributed by atoms with E-state index < -0.39 is 5.60 Å². The monoisotopic (exact) mass is 401 g/mol. The van der Waals surface area contributed by atoms with Crippen LogP contribution in [0.5, 0.6) is 0 Å². The van der Waals surface area contributed by atoms with Crippen LogP contribution >= 0.6 is 12.4 Å². The van der Waals surface area contributed by atoms with Crippen molar-refractivity contribution in [3.63, 3.8) is 0 Å². The lowest BCUT2D eigenvalue weighted by Gasteiger charge is -2.36. The molecule has 148 valence electrons. The van der Waals surface area contributed by atoms with E-state index in [4.69, 9.17) is 20.3 Å². The highest BCUT2D eigenvalue weighted by Gasteiger charge is 2.34. The number of ether oxygens (including phenoxy) is 2. The van der Waals surface area contributed by atoms with Crippen LogP contribution in [0.2, 0.25) is 0 Å². The summed E-state index contributed by atoms with van der Waals surface area (Å²) in [4.78, 5) is 2.25. The van der Waals surface area contributed by atoms with Gasteiger partial charge in [0.1, 0.15) is 17.5 Å². The first kappa shape index (κ1) is 20.2. The molecule has 0 spiro atoms. The molecule has 0 aromatic heterocycles. The van der Waals surface area contributed by atoms with Crippen molar-refractivity contribution in [2.75, 3.05) is 42.8 Å². The molecule has 1 aromatic rings. The molecule has 0 radical (unpaired) electrons. The van der Waals surface area contributed by atoms with Gasteiger partial charge in [0.15, 0.2) is 0 Å². The molecular weight excluding hydrogens is 378 g/mol. The number of benzene rings is 1. The average molecular weight is 402 g/mol. The molecule has 2 N–H and O–H groups in total. The molecule has 8 heteroatoms. The first-order valence-corrected chi connectivity index (χ1v) is 9.07. The summed E-state index contributed by atoms with van der Waals surface area (Å²) >= 11 is 0. The molecule has 4 rings (SSSR count). The maximum atomic E-state index is 9.78. The van der Waals surface area contributed by atoms with Crippen LogP contribution in [0, 0.1) is 11.3 Å². The molecule has 7 nitrogen and oxygen atoms in total. The average Bonchev–Trinajstić information content (AvgIpc) is 2.68. The molecule has 28 heavy (non-hydrogen) atoms. The zero-order valence-corrected chi connectivity index (χ0v) is 16.8. The third kappa shape index (κ3) is 3.59. The number of fused-ring (bicyclic) bond motifs is 1. The van der Waals surface area contributed by atoms with Crippen LogP contribution in [0.15, 0.2) is 52.4 Å². The van der Waals surface area contributed by atoms with Gasteiger partial charge in [0.05, 0.1) is 42.5 Å². The fraction of sp³-hybridized carbons (Fsp3) is 0.400. The molecule has 1 aromatic carbocycles. The van der Waals surface area contributed by atoms with Gasteiger partial charge in [-0.1, -0.05) is 12.1 Å². The summed E-state index contributed by atoms with van der Waals surface area (Å²) in [6.45, 7) is 7.25. The second kappa shape index (κ2) is 7.84. The molecular formula is C20H24ClN5O2. The fourth-order valence-corrected chi connectivity index (χ4v) is 3.54. The fourth-order valence-electron chi connectivity index (χ4n) is 3.54. The second-order valence-corrected chi connectivity index (χ2v) is 7.27. The van der Waals surface area contributed by atoms with Gasteiger partial charge in [-0.05, 0) is 32.1 Å². The number of rotatable bonds is 2. The summed E-state index contributed by atoms with van der Waals surface area (Å²) in [7, 11) is 0. The lowest BCUT2D eigenvalue weighted by molar-refractivity contribution is 0.0409. The Morgan fingerprint density at radius 1 is 1.18 bits per heavy atom. The third-order valence-electron chi connectivity index (χ3n) is 4.93. The molecule has 1 saturated heterocycles. The summed E-state index contributed by atoms with van der Waals surface area (Å²) in [5, 5.41) is 16.2. The van der Waals surface area contributed by atoms with E-state index >= 15 is 0 Å². The number of nitrogens with two attached hydrogens (primary N) is 1.